The Bertz CT molecular complexity index is 170. The van der Waals surface area contributed by atoms with Gasteiger partial charge in [-0.1, -0.05) is 26.0 Å². The van der Waals surface area contributed by atoms with Crippen molar-refractivity contribution in [2.24, 2.45) is 0 Å². The summed E-state index contributed by atoms with van der Waals surface area (Å²) in [5.74, 6) is -1.11. The molecule has 0 atom stereocenters. The highest BCUT2D eigenvalue weighted by Gasteiger charge is 2.05. The molecule has 0 N–H and O–H groups in total. The lowest BCUT2D eigenvalue weighted by Gasteiger charge is -1.93. The maximum Gasteiger partial charge on any atom is 0.191 e. The van der Waals surface area contributed by atoms with E-state index in [0.717, 1.165) is 18.9 Å². The minimum Gasteiger partial charge on any atom is -0.292 e. The van der Waals surface area contributed by atoms with E-state index in [1.54, 1.807) is 0 Å². The molecule has 0 aromatic rings. The Balaban J connectivity index is 3.82. The van der Waals surface area contributed by atoms with E-state index in [-0.39, 0.29) is 0 Å². The Labute approximate surface area is 66.6 Å². The van der Waals surface area contributed by atoms with Crippen molar-refractivity contribution in [3.05, 3.63) is 24.6 Å². The zero-order valence-electron chi connectivity index (χ0n) is 6.77. The Morgan fingerprint density at radius 3 is 2.73 bits per heavy atom. The smallest absolute Gasteiger partial charge is 0.191 e. The van der Waals surface area contributed by atoms with Gasteiger partial charge in [0.2, 0.25) is 0 Å². The van der Waals surface area contributed by atoms with Gasteiger partial charge in [0.15, 0.2) is 11.6 Å². The number of hydrogen-bond acceptors (Lipinski definition) is 1. The number of carbonyl (C=O) groups excluding carboxylic acids is 1. The number of hydrogen-bond donors (Lipinski definition) is 0. The molecule has 0 aliphatic heterocycles. The molecular weight excluding hydrogens is 143 g/mol. The minimum absolute atomic E-state index is 0.298. The summed E-state index contributed by atoms with van der Waals surface area (Å²) in [4.78, 5) is 10.8. The number of rotatable bonds is 5. The summed E-state index contributed by atoms with van der Waals surface area (Å²) in [6.07, 6.45) is 4.33. The Morgan fingerprint density at radius 1 is 1.64 bits per heavy atom. The van der Waals surface area contributed by atoms with Crippen LogP contribution in [-0.4, -0.2) is 5.78 Å². The molecule has 0 aliphatic carbocycles. The lowest BCUT2D eigenvalue weighted by molar-refractivity contribution is -0.117. The monoisotopic (exact) mass is 156 g/mol. The van der Waals surface area contributed by atoms with Crippen LogP contribution < -0.4 is 0 Å². The van der Waals surface area contributed by atoms with Gasteiger partial charge in [0.25, 0.3) is 0 Å². The molecule has 0 heterocycles. The van der Waals surface area contributed by atoms with Gasteiger partial charge in [-0.3, -0.25) is 4.79 Å². The molecule has 0 bridgehead atoms. The standard InChI is InChI=1S/C9H13FO/c1-3-5-7-9(11)8(10)6-4-2/h4,6H,2-3,5,7H2,1H3/b8-6-. The summed E-state index contributed by atoms with van der Waals surface area (Å²) in [7, 11) is 0. The van der Waals surface area contributed by atoms with E-state index in [1.165, 1.54) is 6.08 Å². The van der Waals surface area contributed by atoms with Gasteiger partial charge in [0.05, 0.1) is 0 Å². The Morgan fingerprint density at radius 2 is 2.27 bits per heavy atom. The van der Waals surface area contributed by atoms with Crippen LogP contribution in [0.5, 0.6) is 0 Å². The Hall–Kier alpha value is -0.920. The van der Waals surface area contributed by atoms with Gasteiger partial charge in [-0.15, -0.1) is 0 Å². The number of halogens is 1. The predicted octanol–water partition coefficient (Wildman–Crippen LogP) is 2.79. The zero-order valence-corrected chi connectivity index (χ0v) is 6.77. The molecule has 0 aliphatic rings. The summed E-state index contributed by atoms with van der Waals surface area (Å²) in [5, 5.41) is 0. The van der Waals surface area contributed by atoms with Crippen molar-refractivity contribution in [3.8, 4) is 0 Å². The number of carbonyl (C=O) groups is 1. The molecule has 0 spiro atoms. The third-order valence-corrected chi connectivity index (χ3v) is 1.29. The summed E-state index contributed by atoms with van der Waals surface area (Å²) >= 11 is 0. The van der Waals surface area contributed by atoms with Crippen molar-refractivity contribution in [3.63, 3.8) is 0 Å². The maximum atomic E-state index is 12.6. The second-order valence-electron chi connectivity index (χ2n) is 2.28. The van der Waals surface area contributed by atoms with E-state index >= 15 is 0 Å². The zero-order chi connectivity index (χ0) is 8.69. The highest BCUT2D eigenvalue weighted by molar-refractivity contribution is 5.93. The van der Waals surface area contributed by atoms with Gasteiger partial charge >= 0.3 is 0 Å². The van der Waals surface area contributed by atoms with Gasteiger partial charge in [0, 0.05) is 6.42 Å². The van der Waals surface area contributed by atoms with Crippen LogP contribution in [0.3, 0.4) is 0 Å². The van der Waals surface area contributed by atoms with Crippen LogP contribution >= 0.6 is 0 Å². The van der Waals surface area contributed by atoms with Crippen LogP contribution in [0, 0.1) is 0 Å². The summed E-state index contributed by atoms with van der Waals surface area (Å²) in [6.45, 7) is 5.26. The molecule has 0 saturated heterocycles. The molecule has 62 valence electrons. The minimum atomic E-state index is -0.687. The van der Waals surface area contributed by atoms with Gasteiger partial charge < -0.3 is 0 Å². The van der Waals surface area contributed by atoms with Crippen LogP contribution in [0.2, 0.25) is 0 Å². The van der Waals surface area contributed by atoms with Crippen LogP contribution in [0.15, 0.2) is 24.6 Å². The number of unbranched alkanes of at least 4 members (excludes halogenated alkanes) is 1. The fourth-order valence-corrected chi connectivity index (χ4v) is 0.653. The molecule has 0 fully saturated rings. The molecule has 0 aromatic carbocycles. The highest BCUT2D eigenvalue weighted by atomic mass is 19.1. The van der Waals surface area contributed by atoms with Crippen LogP contribution in [0.25, 0.3) is 0 Å². The first-order valence-electron chi connectivity index (χ1n) is 3.73. The van der Waals surface area contributed by atoms with Gasteiger partial charge in [-0.05, 0) is 12.5 Å². The molecule has 0 saturated carbocycles. The summed E-state index contributed by atoms with van der Waals surface area (Å²) in [5.41, 5.74) is 0. The van der Waals surface area contributed by atoms with Crippen molar-refractivity contribution in [2.45, 2.75) is 26.2 Å². The van der Waals surface area contributed by atoms with Crippen molar-refractivity contribution in [2.75, 3.05) is 0 Å². The SMILES string of the molecule is C=C/C=C(\F)C(=O)CCCC. The second-order valence-corrected chi connectivity index (χ2v) is 2.28. The van der Waals surface area contributed by atoms with E-state index in [2.05, 4.69) is 6.58 Å². The molecule has 11 heavy (non-hydrogen) atoms. The van der Waals surface area contributed by atoms with Crippen LogP contribution in [-0.2, 0) is 4.79 Å². The quantitative estimate of drug-likeness (QED) is 0.442. The lowest BCUT2D eigenvalue weighted by Crippen LogP contribution is -1.97. The second kappa shape index (κ2) is 5.83. The average molecular weight is 156 g/mol. The average Bonchev–Trinajstić information content (AvgIpc) is 2.00. The highest BCUT2D eigenvalue weighted by Crippen LogP contribution is 2.05. The van der Waals surface area contributed by atoms with E-state index in [0.29, 0.717) is 6.42 Å². The molecular formula is C9H13FO. The third kappa shape index (κ3) is 4.48. The molecule has 2 heteroatoms. The normalized spacial score (nSPS) is 11.3. The van der Waals surface area contributed by atoms with Crippen molar-refractivity contribution >= 4 is 5.78 Å². The van der Waals surface area contributed by atoms with E-state index in [1.807, 2.05) is 6.92 Å². The van der Waals surface area contributed by atoms with Gasteiger partial charge in [0.1, 0.15) is 0 Å². The molecule has 1 nitrogen and oxygen atoms in total. The summed E-state index contributed by atoms with van der Waals surface area (Å²) < 4.78 is 12.6. The lowest BCUT2D eigenvalue weighted by atomic mass is 10.1. The number of allylic oxidation sites excluding steroid dienone is 3. The first-order valence-corrected chi connectivity index (χ1v) is 3.73. The predicted molar refractivity (Wildman–Crippen MR) is 43.9 cm³/mol. The largest absolute Gasteiger partial charge is 0.292 e. The topological polar surface area (TPSA) is 17.1 Å². The number of ketones is 1. The molecule has 0 unspecified atom stereocenters. The van der Waals surface area contributed by atoms with Gasteiger partial charge in [-0.2, -0.15) is 0 Å². The van der Waals surface area contributed by atoms with E-state index < -0.39 is 11.6 Å². The fraction of sp³-hybridized carbons (Fsp3) is 0.444. The van der Waals surface area contributed by atoms with E-state index in [4.69, 9.17) is 0 Å². The molecule has 0 radical (unpaired) electrons. The van der Waals surface area contributed by atoms with Gasteiger partial charge in [-0.25, -0.2) is 4.39 Å². The molecule has 0 aromatic heterocycles. The Kier molecular flexibility index (Phi) is 5.35. The third-order valence-electron chi connectivity index (χ3n) is 1.29. The molecule has 0 rings (SSSR count). The van der Waals surface area contributed by atoms with Crippen molar-refractivity contribution in [1.29, 1.82) is 0 Å². The maximum absolute atomic E-state index is 12.6. The first kappa shape index (κ1) is 10.1. The van der Waals surface area contributed by atoms with E-state index in [9.17, 15) is 9.18 Å². The first-order chi connectivity index (χ1) is 5.22. The van der Waals surface area contributed by atoms with Crippen molar-refractivity contribution in [1.82, 2.24) is 0 Å². The van der Waals surface area contributed by atoms with Crippen LogP contribution in [0.1, 0.15) is 26.2 Å². The molecule has 0 amide bonds. The fourth-order valence-electron chi connectivity index (χ4n) is 0.653. The van der Waals surface area contributed by atoms with Crippen molar-refractivity contribution < 1.29 is 9.18 Å². The summed E-state index contributed by atoms with van der Waals surface area (Å²) in [6, 6.07) is 0. The number of Topliss-reactive ketones (excluding diaryl/α,β-unsaturated/α-hetero) is 1. The van der Waals surface area contributed by atoms with Crippen LogP contribution in [0.4, 0.5) is 4.39 Å².